The number of carbonyl (C=O) groups excluding carboxylic acids is 1. The van der Waals surface area contributed by atoms with Crippen molar-refractivity contribution in [3.63, 3.8) is 0 Å². The number of hydrogen-bond donors (Lipinski definition) is 5. The van der Waals surface area contributed by atoms with Crippen molar-refractivity contribution >= 4 is 11.9 Å². The van der Waals surface area contributed by atoms with E-state index in [1.165, 1.54) is 0 Å². The van der Waals surface area contributed by atoms with Crippen LogP contribution in [0.2, 0.25) is 0 Å². The van der Waals surface area contributed by atoms with E-state index in [9.17, 15) is 24.9 Å². The van der Waals surface area contributed by atoms with Gasteiger partial charge in [0.1, 0.15) is 12.2 Å². The second-order valence-electron chi connectivity index (χ2n) is 4.61. The number of hydrogen-bond acceptors (Lipinski definition) is 7. The first-order chi connectivity index (χ1) is 10.3. The molecule has 0 bridgehead atoms. The molecule has 122 valence electrons. The summed E-state index contributed by atoms with van der Waals surface area (Å²) in [5.41, 5.74) is 8.19. The number of nitrogens with one attached hydrogen (secondary N) is 1. The minimum absolute atomic E-state index is 0.494. The maximum absolute atomic E-state index is 11.2. The van der Waals surface area contributed by atoms with Crippen LogP contribution in [0.25, 0.3) is 10.4 Å². The summed E-state index contributed by atoms with van der Waals surface area (Å²) in [6.45, 7) is 0.662. The Labute approximate surface area is 124 Å². The number of nitrogens with zero attached hydrogens (tertiary/aromatic N) is 3. The van der Waals surface area contributed by atoms with Crippen molar-refractivity contribution in [2.45, 2.75) is 37.4 Å². The standard InChI is InChI=1S/C11H16N4O7/c1-4(16)14-8-5(17)2-7(11(20)21)22-10(8)9(19)6(18)3-13-15-12/h2,5-6,8-10,17-19H,3H2,1H3,(H,14,16)(H,20,21)/t5?,6-,8-,9-,10?/m1/s1. The fourth-order valence-corrected chi connectivity index (χ4v) is 1.97. The number of amides is 1. The highest BCUT2D eigenvalue weighted by atomic mass is 16.5. The molecule has 1 aliphatic rings. The van der Waals surface area contributed by atoms with Gasteiger partial charge >= 0.3 is 5.97 Å². The normalized spacial score (nSPS) is 26.7. The van der Waals surface area contributed by atoms with Crippen LogP contribution >= 0.6 is 0 Å². The summed E-state index contributed by atoms with van der Waals surface area (Å²) in [7, 11) is 0. The van der Waals surface area contributed by atoms with E-state index in [0.717, 1.165) is 13.0 Å². The molecular formula is C11H16N4O7. The molecular weight excluding hydrogens is 300 g/mol. The first-order valence-corrected chi connectivity index (χ1v) is 6.21. The van der Waals surface area contributed by atoms with E-state index >= 15 is 0 Å². The lowest BCUT2D eigenvalue weighted by atomic mass is 9.93. The largest absolute Gasteiger partial charge is 0.478 e. The van der Waals surface area contributed by atoms with Gasteiger partial charge in [-0.15, -0.1) is 0 Å². The molecule has 22 heavy (non-hydrogen) atoms. The van der Waals surface area contributed by atoms with Crippen molar-refractivity contribution in [3.05, 3.63) is 22.3 Å². The van der Waals surface area contributed by atoms with Crippen molar-refractivity contribution in [1.82, 2.24) is 5.32 Å². The van der Waals surface area contributed by atoms with Crippen LogP contribution in [0, 0.1) is 0 Å². The third-order valence-corrected chi connectivity index (χ3v) is 2.95. The van der Waals surface area contributed by atoms with Gasteiger partial charge in [0.15, 0.2) is 6.10 Å². The number of aliphatic hydroxyl groups excluding tert-OH is 3. The van der Waals surface area contributed by atoms with Crippen LogP contribution in [0.15, 0.2) is 16.9 Å². The summed E-state index contributed by atoms with van der Waals surface area (Å²) >= 11 is 0. The quantitative estimate of drug-likeness (QED) is 0.218. The molecule has 0 aliphatic carbocycles. The van der Waals surface area contributed by atoms with Crippen molar-refractivity contribution in [1.29, 1.82) is 0 Å². The van der Waals surface area contributed by atoms with Crippen molar-refractivity contribution < 1.29 is 34.8 Å². The Balaban J connectivity index is 3.03. The third kappa shape index (κ3) is 4.33. The van der Waals surface area contributed by atoms with Crippen molar-refractivity contribution in [3.8, 4) is 0 Å². The van der Waals surface area contributed by atoms with E-state index in [4.69, 9.17) is 15.4 Å². The van der Waals surface area contributed by atoms with Gasteiger partial charge in [0, 0.05) is 11.8 Å². The molecule has 5 N–H and O–H groups in total. The number of carbonyl (C=O) groups is 2. The molecule has 2 unspecified atom stereocenters. The van der Waals surface area contributed by atoms with E-state index in [0.29, 0.717) is 0 Å². The van der Waals surface area contributed by atoms with E-state index < -0.39 is 54.6 Å². The third-order valence-electron chi connectivity index (χ3n) is 2.95. The second-order valence-corrected chi connectivity index (χ2v) is 4.61. The smallest absolute Gasteiger partial charge is 0.370 e. The second kappa shape index (κ2) is 7.61. The highest BCUT2D eigenvalue weighted by molar-refractivity contribution is 5.84. The SMILES string of the molecule is CC(=O)N[C@@H]1C(O)C=C(C(=O)O)OC1[C@H](O)[C@H](O)CN=[N+]=[N-]. The monoisotopic (exact) mass is 316 g/mol. The average Bonchev–Trinajstić information content (AvgIpc) is 2.45. The Kier molecular flexibility index (Phi) is 6.13. The van der Waals surface area contributed by atoms with E-state index in [1.54, 1.807) is 0 Å². The van der Waals surface area contributed by atoms with Gasteiger partial charge in [-0.05, 0) is 11.6 Å². The number of carboxylic acid groups (broad SMARTS) is 1. The molecule has 0 saturated carbocycles. The Morgan fingerprint density at radius 2 is 2.18 bits per heavy atom. The first-order valence-electron chi connectivity index (χ1n) is 6.21. The molecule has 1 rings (SSSR count). The van der Waals surface area contributed by atoms with Gasteiger partial charge in [-0.1, -0.05) is 5.11 Å². The molecule has 0 aromatic heterocycles. The maximum Gasteiger partial charge on any atom is 0.370 e. The Morgan fingerprint density at radius 1 is 1.55 bits per heavy atom. The van der Waals surface area contributed by atoms with Gasteiger partial charge in [-0.2, -0.15) is 0 Å². The topological polar surface area (TPSA) is 185 Å². The number of aliphatic carboxylic acids is 1. The number of rotatable bonds is 6. The fraction of sp³-hybridized carbons (Fsp3) is 0.636. The highest BCUT2D eigenvalue weighted by Gasteiger charge is 2.42. The van der Waals surface area contributed by atoms with Gasteiger partial charge < -0.3 is 30.5 Å². The zero-order valence-electron chi connectivity index (χ0n) is 11.5. The fourth-order valence-electron chi connectivity index (χ4n) is 1.97. The van der Waals surface area contributed by atoms with E-state index in [2.05, 4.69) is 15.3 Å². The predicted molar refractivity (Wildman–Crippen MR) is 70.2 cm³/mol. The summed E-state index contributed by atoms with van der Waals surface area (Å²) in [4.78, 5) is 24.5. The van der Waals surface area contributed by atoms with Gasteiger partial charge in [-0.25, -0.2) is 4.79 Å². The van der Waals surface area contributed by atoms with Crippen LogP contribution in [0.3, 0.4) is 0 Å². The minimum Gasteiger partial charge on any atom is -0.478 e. The summed E-state index contributed by atoms with van der Waals surface area (Å²) in [6, 6.07) is -1.18. The van der Waals surface area contributed by atoms with Crippen LogP contribution in [-0.4, -0.2) is 69.3 Å². The number of carboxylic acids is 1. The predicted octanol–water partition coefficient (Wildman–Crippen LogP) is -1.75. The molecule has 0 radical (unpaired) electrons. The van der Waals surface area contributed by atoms with Crippen LogP contribution in [0.4, 0.5) is 0 Å². The number of azide groups is 1. The molecule has 0 aromatic rings. The minimum atomic E-state index is -1.71. The maximum atomic E-state index is 11.2. The molecule has 0 aromatic carbocycles. The molecule has 11 nitrogen and oxygen atoms in total. The zero-order valence-corrected chi connectivity index (χ0v) is 11.5. The van der Waals surface area contributed by atoms with Gasteiger partial charge in [0.2, 0.25) is 11.7 Å². The Morgan fingerprint density at radius 3 is 2.68 bits per heavy atom. The van der Waals surface area contributed by atoms with Crippen LogP contribution in [0.1, 0.15) is 6.92 Å². The summed E-state index contributed by atoms with van der Waals surface area (Å²) in [5.74, 6) is -2.67. The lowest BCUT2D eigenvalue weighted by Gasteiger charge is -2.38. The van der Waals surface area contributed by atoms with Crippen LogP contribution in [0.5, 0.6) is 0 Å². The molecule has 1 amide bonds. The van der Waals surface area contributed by atoms with E-state index in [1.807, 2.05) is 0 Å². The number of aliphatic hydroxyl groups is 3. The van der Waals surface area contributed by atoms with Gasteiger partial charge in [0.05, 0.1) is 18.7 Å². The van der Waals surface area contributed by atoms with Crippen LogP contribution in [-0.2, 0) is 14.3 Å². The Hall–Kier alpha value is -2.33. The lowest BCUT2D eigenvalue weighted by Crippen LogP contribution is -2.59. The molecule has 0 saturated heterocycles. The molecule has 0 fully saturated rings. The zero-order chi connectivity index (χ0) is 16.9. The van der Waals surface area contributed by atoms with Gasteiger partial charge in [0.25, 0.3) is 0 Å². The first kappa shape index (κ1) is 17.7. The number of ether oxygens (including phenoxy) is 1. The lowest BCUT2D eigenvalue weighted by molar-refractivity contribution is -0.147. The molecule has 11 heteroatoms. The summed E-state index contributed by atoms with van der Waals surface area (Å²) < 4.78 is 5.04. The molecule has 5 atom stereocenters. The molecule has 1 aliphatic heterocycles. The van der Waals surface area contributed by atoms with Crippen LogP contribution < -0.4 is 5.32 Å². The van der Waals surface area contributed by atoms with Gasteiger partial charge in [-0.3, -0.25) is 4.79 Å². The van der Waals surface area contributed by atoms with E-state index in [-0.39, 0.29) is 0 Å². The summed E-state index contributed by atoms with van der Waals surface area (Å²) in [6.07, 6.45) is -5.31. The molecule has 0 spiro atoms. The van der Waals surface area contributed by atoms with Crippen molar-refractivity contribution in [2.75, 3.05) is 6.54 Å². The molecule has 1 heterocycles. The van der Waals surface area contributed by atoms with Crippen molar-refractivity contribution in [2.24, 2.45) is 5.11 Å². The summed E-state index contributed by atoms with van der Waals surface area (Å²) in [5, 5.41) is 43.9. The Bertz CT molecular complexity index is 517. The average molecular weight is 316 g/mol. The highest BCUT2D eigenvalue weighted by Crippen LogP contribution is 2.23.